The molecule has 24 nitrogen and oxygen atoms in total. The summed E-state index contributed by atoms with van der Waals surface area (Å²) in [4.78, 5) is 75.4. The van der Waals surface area contributed by atoms with Crippen molar-refractivity contribution in [2.45, 2.75) is 78.3 Å². The summed E-state index contributed by atoms with van der Waals surface area (Å²) < 4.78 is 43.4. The second-order valence-corrected chi connectivity index (χ2v) is 19.9. The fraction of sp³-hybridized carbons (Fsp3) is 0.444. The highest BCUT2D eigenvalue weighted by atomic mass is 16.6. The molecule has 420 valence electrons. The highest BCUT2D eigenvalue weighted by Gasteiger charge is 2.40. The third-order valence-corrected chi connectivity index (χ3v) is 12.0. The standard InChI is InChI=1S/C31H40N6O6.C23H31N5O7/c1-20-8-10-21(11-9-20)18-33-28(38)23-19-36(14-15-37(23)30(39)43-31(2,3)4)26-12-13-32-29(35-26)34-22-16-24(40-5)27(42-7)25(17-22)41-6;1-23(2,3)35-22(31)28-10-9-27(13-15(28)20(29)30)18-7-8-24-21(26-18)25-14-11-16(32-4)19(34-6)17(12-14)33-5/h8-13,16-17,23H,14-15,18-19H2,1-7H3,(H,33,38)(H,32,34,35);7-8,11-12,15H,9-10,13H2,1-6H3,(H,29,30)(H,24,25,26). The number of anilines is 6. The molecule has 2 aliphatic heterocycles. The van der Waals surface area contributed by atoms with E-state index in [0.29, 0.717) is 89.0 Å². The lowest BCUT2D eigenvalue weighted by Gasteiger charge is -2.41. The fourth-order valence-corrected chi connectivity index (χ4v) is 8.24. The largest absolute Gasteiger partial charge is 0.493 e. The van der Waals surface area contributed by atoms with E-state index in [1.807, 2.05) is 36.1 Å². The number of nitrogens with zero attached hydrogens (tertiary/aromatic N) is 8. The van der Waals surface area contributed by atoms with Gasteiger partial charge in [-0.1, -0.05) is 29.8 Å². The monoisotopic (exact) mass is 1080 g/mol. The number of aromatic nitrogens is 4. The van der Waals surface area contributed by atoms with Crippen molar-refractivity contribution in [3.05, 3.63) is 84.2 Å². The second kappa shape index (κ2) is 25.9. The third-order valence-electron chi connectivity index (χ3n) is 12.0. The molecule has 24 heteroatoms. The Morgan fingerprint density at radius 3 is 1.35 bits per heavy atom. The molecular weight excluding hydrogens is 1010 g/mol. The molecule has 2 fully saturated rings. The number of benzene rings is 3. The predicted octanol–water partition coefficient (Wildman–Crippen LogP) is 7.05. The first kappa shape index (κ1) is 58.6. The van der Waals surface area contributed by atoms with Crippen molar-refractivity contribution in [1.29, 1.82) is 0 Å². The maximum absolute atomic E-state index is 13.5. The van der Waals surface area contributed by atoms with Crippen molar-refractivity contribution in [2.75, 3.05) is 102 Å². The van der Waals surface area contributed by atoms with Crippen molar-refractivity contribution in [3.63, 3.8) is 0 Å². The van der Waals surface area contributed by atoms with Gasteiger partial charge in [0.25, 0.3) is 0 Å². The molecule has 7 rings (SSSR count). The molecule has 0 spiro atoms. The first-order valence-electron chi connectivity index (χ1n) is 24.9. The van der Waals surface area contributed by atoms with E-state index in [-0.39, 0.29) is 32.1 Å². The molecular formula is C54H71N11O13. The first-order chi connectivity index (χ1) is 37.1. The van der Waals surface area contributed by atoms with E-state index in [9.17, 15) is 24.3 Å². The number of carbonyl (C=O) groups excluding carboxylic acids is 3. The van der Waals surface area contributed by atoms with E-state index in [1.54, 1.807) is 117 Å². The first-order valence-corrected chi connectivity index (χ1v) is 24.9. The molecule has 3 amide bonds. The van der Waals surface area contributed by atoms with Gasteiger partial charge in [0.2, 0.25) is 29.3 Å². The minimum Gasteiger partial charge on any atom is -0.493 e. The maximum atomic E-state index is 13.5. The quantitative estimate of drug-likeness (QED) is 0.0771. The van der Waals surface area contributed by atoms with E-state index >= 15 is 0 Å². The topological polar surface area (TPSA) is 263 Å². The Bertz CT molecular complexity index is 2830. The molecule has 4 N–H and O–H groups in total. The molecule has 2 aromatic heterocycles. The number of rotatable bonds is 16. The number of carbonyl (C=O) groups is 4. The van der Waals surface area contributed by atoms with Gasteiger partial charge < -0.3 is 68.8 Å². The van der Waals surface area contributed by atoms with Gasteiger partial charge in [-0.25, -0.2) is 24.4 Å². The Morgan fingerprint density at radius 2 is 0.974 bits per heavy atom. The van der Waals surface area contributed by atoms with E-state index in [2.05, 4.69) is 30.9 Å². The summed E-state index contributed by atoms with van der Waals surface area (Å²) >= 11 is 0. The van der Waals surface area contributed by atoms with E-state index in [1.165, 1.54) is 31.1 Å². The molecule has 2 saturated heterocycles. The van der Waals surface area contributed by atoms with Crippen LogP contribution in [0.3, 0.4) is 0 Å². The van der Waals surface area contributed by atoms with E-state index in [0.717, 1.165) is 11.1 Å². The highest BCUT2D eigenvalue weighted by Crippen LogP contribution is 2.42. The van der Waals surface area contributed by atoms with E-state index < -0.39 is 41.4 Å². The molecule has 0 bridgehead atoms. The van der Waals surface area contributed by atoms with Gasteiger partial charge in [-0.05, 0) is 66.2 Å². The molecule has 2 unspecified atom stereocenters. The van der Waals surface area contributed by atoms with Crippen LogP contribution in [0.5, 0.6) is 34.5 Å². The van der Waals surface area contributed by atoms with Crippen LogP contribution in [-0.2, 0) is 25.6 Å². The molecule has 0 saturated carbocycles. The lowest BCUT2D eigenvalue weighted by molar-refractivity contribution is -0.143. The molecule has 3 aromatic carbocycles. The van der Waals surface area contributed by atoms with Crippen molar-refractivity contribution < 1.29 is 62.2 Å². The van der Waals surface area contributed by atoms with Crippen molar-refractivity contribution >= 4 is 59.0 Å². The summed E-state index contributed by atoms with van der Waals surface area (Å²) in [6.45, 7) is 14.5. The molecule has 0 aliphatic carbocycles. The van der Waals surface area contributed by atoms with Crippen LogP contribution in [0.1, 0.15) is 52.7 Å². The van der Waals surface area contributed by atoms with Crippen LogP contribution in [0.15, 0.2) is 73.1 Å². The van der Waals surface area contributed by atoms with Gasteiger partial charge in [-0.15, -0.1) is 0 Å². The van der Waals surface area contributed by atoms with Crippen LogP contribution < -0.4 is 54.2 Å². The summed E-state index contributed by atoms with van der Waals surface area (Å²) in [5, 5.41) is 19.0. The van der Waals surface area contributed by atoms with Crippen molar-refractivity contribution in [1.82, 2.24) is 35.1 Å². The Morgan fingerprint density at radius 1 is 0.577 bits per heavy atom. The van der Waals surface area contributed by atoms with Crippen molar-refractivity contribution in [2.24, 2.45) is 0 Å². The summed E-state index contributed by atoms with van der Waals surface area (Å²) in [6, 6.07) is 16.5. The number of aliphatic carboxylic acids is 1. The average molecular weight is 1080 g/mol. The van der Waals surface area contributed by atoms with Gasteiger partial charge in [-0.3, -0.25) is 14.6 Å². The number of carboxylic acid groups (broad SMARTS) is 1. The van der Waals surface area contributed by atoms with Crippen LogP contribution in [0.4, 0.5) is 44.5 Å². The Labute approximate surface area is 454 Å². The van der Waals surface area contributed by atoms with Gasteiger partial charge in [-0.2, -0.15) is 9.97 Å². The minimum atomic E-state index is -1.12. The minimum absolute atomic E-state index is 0.0508. The number of hydrogen-bond donors (Lipinski definition) is 4. The predicted molar refractivity (Wildman–Crippen MR) is 291 cm³/mol. The third kappa shape index (κ3) is 15.5. The zero-order valence-electron chi connectivity index (χ0n) is 46.5. The highest BCUT2D eigenvalue weighted by molar-refractivity contribution is 5.87. The number of hydrogen-bond acceptors (Lipinski definition) is 20. The number of ether oxygens (including phenoxy) is 8. The van der Waals surface area contributed by atoms with Crippen LogP contribution >= 0.6 is 0 Å². The molecule has 0 radical (unpaired) electrons. The Balaban J connectivity index is 0.000000258. The van der Waals surface area contributed by atoms with Crippen LogP contribution in [0.25, 0.3) is 0 Å². The molecule has 78 heavy (non-hydrogen) atoms. The molecule has 2 aliphatic rings. The number of piperazine rings is 2. The lowest BCUT2D eigenvalue weighted by atomic mass is 10.1. The molecule has 2 atom stereocenters. The SMILES string of the molecule is COc1cc(Nc2nccc(N3CCN(C(=O)OC(C)(C)C)C(C(=O)NCc4ccc(C)cc4)C3)n2)cc(OC)c1OC.COc1cc(Nc2nccc(N3CCN(C(=O)OC(C)(C)C)C(C(=O)O)C3)n2)cc(OC)c1OC. The maximum Gasteiger partial charge on any atom is 0.411 e. The van der Waals surface area contributed by atoms with Gasteiger partial charge >= 0.3 is 18.2 Å². The lowest BCUT2D eigenvalue weighted by Crippen LogP contribution is -2.61. The summed E-state index contributed by atoms with van der Waals surface area (Å²) in [7, 11) is 9.19. The smallest absolute Gasteiger partial charge is 0.411 e. The molecule has 5 aromatic rings. The van der Waals surface area contributed by atoms with Crippen LogP contribution in [0, 0.1) is 6.92 Å². The van der Waals surface area contributed by atoms with Gasteiger partial charge in [0.1, 0.15) is 34.9 Å². The number of aryl methyl sites for hydroxylation is 1. The van der Waals surface area contributed by atoms with Crippen LogP contribution in [0.2, 0.25) is 0 Å². The van der Waals surface area contributed by atoms with E-state index in [4.69, 9.17) is 42.9 Å². The summed E-state index contributed by atoms with van der Waals surface area (Å²) in [6.07, 6.45) is 2.01. The van der Waals surface area contributed by atoms with Gasteiger partial charge in [0.15, 0.2) is 23.0 Å². The van der Waals surface area contributed by atoms with Crippen molar-refractivity contribution in [3.8, 4) is 34.5 Å². The number of carboxylic acids is 1. The van der Waals surface area contributed by atoms with Crippen LogP contribution in [-0.4, -0.2) is 164 Å². The van der Waals surface area contributed by atoms with Gasteiger partial charge in [0.05, 0.1) is 49.2 Å². The normalized spacial score (nSPS) is 15.4. The zero-order chi connectivity index (χ0) is 56.9. The zero-order valence-corrected chi connectivity index (χ0v) is 46.5. The fourth-order valence-electron chi connectivity index (χ4n) is 8.24. The molecule has 4 heterocycles. The summed E-state index contributed by atoms with van der Waals surface area (Å²) in [5.74, 6) is 3.18. The van der Waals surface area contributed by atoms with Gasteiger partial charge in [0, 0.05) is 87.3 Å². The summed E-state index contributed by atoms with van der Waals surface area (Å²) in [5.41, 5.74) is 1.92. The number of amides is 3. The second-order valence-electron chi connectivity index (χ2n) is 19.9. The Kier molecular flexibility index (Phi) is 19.4. The number of nitrogens with one attached hydrogen (secondary N) is 3. The average Bonchev–Trinajstić information content (AvgIpc) is 3.41. The number of methoxy groups -OCH3 is 6. The Hall–Kier alpha value is -8.70.